The zero-order valence-electron chi connectivity index (χ0n) is 3.09. The first-order valence-electron chi connectivity index (χ1n) is 1.12. The molecule has 0 aromatic carbocycles. The summed E-state index contributed by atoms with van der Waals surface area (Å²) in [5, 5.41) is 0. The van der Waals surface area contributed by atoms with Crippen LogP contribution in [0.5, 0.6) is 0 Å². The molecule has 0 heterocycles. The molecule has 0 rings (SSSR count). The fraction of sp³-hybridized carbons (Fsp3) is 0. The summed E-state index contributed by atoms with van der Waals surface area (Å²) in [7, 11) is 0. The maximum Gasteiger partial charge on any atom is 0 e. The molecule has 0 aromatic heterocycles. The summed E-state index contributed by atoms with van der Waals surface area (Å²) in [6.45, 7) is 3.20. The third-order valence-electron chi connectivity index (χ3n) is 0.175. The second-order valence-electron chi connectivity index (χ2n) is 0.542. The molecule has 0 aliphatic heterocycles. The van der Waals surface area contributed by atoms with Crippen LogP contribution in [-0.4, -0.2) is 4.49 Å². The minimum absolute atomic E-state index is 0. The van der Waals surface area contributed by atoms with Gasteiger partial charge in [-0.2, -0.15) is 0 Å². The molecule has 0 aromatic rings. The van der Waals surface area contributed by atoms with Crippen molar-refractivity contribution in [1.82, 2.24) is 0 Å². The van der Waals surface area contributed by atoms with Gasteiger partial charge in [0.05, 0.1) is 0 Å². The average Bonchev–Trinajstić information content (AvgIpc) is 1.38. The van der Waals surface area contributed by atoms with E-state index in [2.05, 4.69) is 6.58 Å². The molecule has 0 aliphatic carbocycles. The zero-order valence-corrected chi connectivity index (χ0v) is 5.88. The molecule has 0 fully saturated rings. The molecule has 0 amide bonds. The second kappa shape index (κ2) is 5.58. The van der Waals surface area contributed by atoms with Crippen LogP contribution in [0.4, 0.5) is 0 Å². The molecular weight excluding hydrogens is 154 g/mol. The van der Waals surface area contributed by atoms with Gasteiger partial charge in [-0.25, -0.2) is 0 Å². The Morgan fingerprint density at radius 2 is 2.00 bits per heavy atom. The third kappa shape index (κ3) is 8.82. The van der Waals surface area contributed by atoms with Gasteiger partial charge in [-0.05, 0) is 0 Å². The van der Waals surface area contributed by atoms with Crippen LogP contribution >= 0.6 is 0 Å². The van der Waals surface area contributed by atoms with Gasteiger partial charge in [0.15, 0.2) is 0 Å². The van der Waals surface area contributed by atoms with Crippen molar-refractivity contribution in [2.45, 2.75) is 0 Å². The van der Waals surface area contributed by atoms with Gasteiger partial charge in [-0.1, -0.05) is 0 Å². The van der Waals surface area contributed by atoms with Crippen molar-refractivity contribution < 1.29 is 40.8 Å². The summed E-state index contributed by atoms with van der Waals surface area (Å²) in [5.74, 6) is 0. The Labute approximate surface area is 58.0 Å². The summed E-state index contributed by atoms with van der Waals surface area (Å²) in [5.41, 5.74) is 0. The van der Waals surface area contributed by atoms with Crippen molar-refractivity contribution in [2.75, 3.05) is 0 Å². The molecule has 0 spiro atoms. The molecule has 0 unspecified atom stereocenters. The van der Waals surface area contributed by atoms with Crippen LogP contribution in [-0.2, 0) is 40.8 Å². The molecule has 3 heteroatoms. The van der Waals surface area contributed by atoms with Gasteiger partial charge in [0.2, 0.25) is 0 Å². The van der Waals surface area contributed by atoms with E-state index in [-0.39, 0.29) is 23.1 Å². The Morgan fingerprint density at radius 1 is 1.83 bits per heavy atom. The number of hydrogen-bond donors (Lipinski definition) is 0. The molecule has 1 radical (unpaired) electrons. The van der Waals surface area contributed by atoms with Gasteiger partial charge in [0.1, 0.15) is 0 Å². The molecule has 6 heavy (non-hydrogen) atoms. The maximum atomic E-state index is 9.67. The second-order valence-corrected chi connectivity index (χ2v) is 1.23. The first kappa shape index (κ1) is 9.77. The van der Waals surface area contributed by atoms with E-state index in [4.69, 9.17) is 0 Å². The fourth-order valence-electron chi connectivity index (χ4n) is 0. The van der Waals surface area contributed by atoms with E-state index in [1.54, 1.807) is 0 Å². The molecule has 31 valence electrons. The van der Waals surface area contributed by atoms with Gasteiger partial charge in [0, 0.05) is 18.6 Å². The van der Waals surface area contributed by atoms with Gasteiger partial charge >= 0.3 is 39.4 Å². The Hall–Kier alpha value is 0.579. The standard InChI is InChI=1S/C3H3O.2V/c1-2-3-4;;/h2H,1H2;;. The van der Waals surface area contributed by atoms with Crippen molar-refractivity contribution in [1.29, 1.82) is 0 Å². The van der Waals surface area contributed by atoms with Crippen molar-refractivity contribution in [3.05, 3.63) is 12.7 Å². The summed E-state index contributed by atoms with van der Waals surface area (Å²) in [6, 6.07) is 0. The Balaban J connectivity index is 0. The normalized spacial score (nSPS) is 5.33. The SMILES string of the molecule is C=C[C](=O)[V].[V]. The first-order valence-corrected chi connectivity index (χ1v) is 1.82. The number of rotatable bonds is 1. The van der Waals surface area contributed by atoms with Crippen LogP contribution in [0, 0.1) is 0 Å². The molecule has 1 nitrogen and oxygen atoms in total. The summed E-state index contributed by atoms with van der Waals surface area (Å²) < 4.78 is -0.0440. The molecular formula is C3H3OV2. The van der Waals surface area contributed by atoms with Gasteiger partial charge in [-0.15, -0.1) is 0 Å². The molecule has 0 saturated carbocycles. The largest absolute Gasteiger partial charge is 0 e. The van der Waals surface area contributed by atoms with Crippen LogP contribution < -0.4 is 0 Å². The van der Waals surface area contributed by atoms with Crippen LogP contribution in [0.1, 0.15) is 0 Å². The smallest absolute Gasteiger partial charge is 0 e. The van der Waals surface area contributed by atoms with E-state index in [0.29, 0.717) is 0 Å². The number of allylic oxidation sites excluding steroid dienone is 1. The van der Waals surface area contributed by atoms with Crippen molar-refractivity contribution in [3.63, 3.8) is 0 Å². The Kier molecular flexibility index (Phi) is 9.08. The van der Waals surface area contributed by atoms with Crippen molar-refractivity contribution in [2.24, 2.45) is 0 Å². The quantitative estimate of drug-likeness (QED) is 0.498. The van der Waals surface area contributed by atoms with Crippen LogP contribution in [0.25, 0.3) is 0 Å². The zero-order chi connectivity index (χ0) is 4.28. The van der Waals surface area contributed by atoms with Crippen LogP contribution in [0.15, 0.2) is 12.7 Å². The van der Waals surface area contributed by atoms with Crippen molar-refractivity contribution >= 4 is 4.49 Å². The molecule has 0 aliphatic rings. The van der Waals surface area contributed by atoms with E-state index in [9.17, 15) is 4.79 Å². The summed E-state index contributed by atoms with van der Waals surface area (Å²) in [4.78, 5) is 9.67. The van der Waals surface area contributed by atoms with Gasteiger partial charge in [-0.3, -0.25) is 0 Å². The van der Waals surface area contributed by atoms with Crippen LogP contribution in [0.3, 0.4) is 0 Å². The monoisotopic (exact) mass is 157 g/mol. The minimum Gasteiger partial charge on any atom is 0 e. The number of carbonyl (C=O) groups excluding carboxylic acids is 1. The predicted octanol–water partition coefficient (Wildman–Crippen LogP) is 0.243. The van der Waals surface area contributed by atoms with E-state index in [1.807, 2.05) is 17.4 Å². The van der Waals surface area contributed by atoms with E-state index >= 15 is 0 Å². The summed E-state index contributed by atoms with van der Waals surface area (Å²) >= 11 is 1.85. The topological polar surface area (TPSA) is 17.1 Å². The van der Waals surface area contributed by atoms with Crippen LogP contribution in [0.2, 0.25) is 0 Å². The van der Waals surface area contributed by atoms with Gasteiger partial charge in [0.25, 0.3) is 0 Å². The maximum absolute atomic E-state index is 9.67. The fourth-order valence-corrected chi connectivity index (χ4v) is 0. The van der Waals surface area contributed by atoms with E-state index < -0.39 is 0 Å². The Morgan fingerprint density at radius 3 is 2.00 bits per heavy atom. The minimum atomic E-state index is -0.0440. The van der Waals surface area contributed by atoms with Crippen molar-refractivity contribution in [3.8, 4) is 0 Å². The molecule has 0 bridgehead atoms. The predicted molar refractivity (Wildman–Crippen MR) is 15.2 cm³/mol. The Bertz CT molecular complexity index is 59.8. The number of hydrogen-bond acceptors (Lipinski definition) is 1. The first-order chi connectivity index (χ1) is 2.27. The molecule has 0 N–H and O–H groups in total. The van der Waals surface area contributed by atoms with E-state index in [1.165, 1.54) is 6.08 Å². The summed E-state index contributed by atoms with van der Waals surface area (Å²) in [6.07, 6.45) is 1.25. The third-order valence-corrected chi connectivity index (χ3v) is 0.460. The molecule has 0 atom stereocenters. The number of carbonyl (C=O) groups is 1. The van der Waals surface area contributed by atoms with E-state index in [0.717, 1.165) is 0 Å². The average molecular weight is 157 g/mol. The molecule has 0 saturated heterocycles. The van der Waals surface area contributed by atoms with Gasteiger partial charge < -0.3 is 0 Å².